The maximum atomic E-state index is 13.0. The first-order valence-electron chi connectivity index (χ1n) is 10.9. The number of rotatable bonds is 7. The van der Waals surface area contributed by atoms with Crippen molar-refractivity contribution in [2.24, 2.45) is 0 Å². The van der Waals surface area contributed by atoms with Crippen LogP contribution in [0.15, 0.2) is 58.3 Å². The number of nitrogens with one attached hydrogen (secondary N) is 1. The van der Waals surface area contributed by atoms with E-state index in [-0.39, 0.29) is 4.90 Å². The number of benzene rings is 3. The first-order chi connectivity index (χ1) is 15.0. The first-order valence-corrected chi connectivity index (χ1v) is 13.4. The molecular formula is C27H33NO2S2. The van der Waals surface area contributed by atoms with E-state index < -0.39 is 10.0 Å². The second-order valence-electron chi connectivity index (χ2n) is 8.72. The molecular weight excluding hydrogens is 434 g/mol. The Morgan fingerprint density at radius 1 is 0.781 bits per heavy atom. The van der Waals surface area contributed by atoms with Crippen LogP contribution in [0.5, 0.6) is 0 Å². The van der Waals surface area contributed by atoms with Crippen molar-refractivity contribution in [1.29, 1.82) is 0 Å². The molecule has 0 bridgehead atoms. The van der Waals surface area contributed by atoms with Crippen LogP contribution in [0.3, 0.4) is 0 Å². The van der Waals surface area contributed by atoms with Crippen molar-refractivity contribution < 1.29 is 8.42 Å². The van der Waals surface area contributed by atoms with Crippen molar-refractivity contribution in [3.05, 3.63) is 87.5 Å². The predicted octanol–water partition coefficient (Wildman–Crippen LogP) is 7.45. The summed E-state index contributed by atoms with van der Waals surface area (Å²) < 4.78 is 28.8. The van der Waals surface area contributed by atoms with E-state index >= 15 is 0 Å². The maximum absolute atomic E-state index is 13.0. The number of thioether (sulfide) groups is 1. The van der Waals surface area contributed by atoms with Gasteiger partial charge in [-0.1, -0.05) is 38.1 Å². The fourth-order valence-corrected chi connectivity index (χ4v) is 6.18. The molecule has 3 aromatic rings. The molecule has 0 aromatic heterocycles. The van der Waals surface area contributed by atoms with E-state index in [1.807, 2.05) is 36.4 Å². The molecule has 0 atom stereocenters. The lowest BCUT2D eigenvalue weighted by molar-refractivity contribution is 0.601. The topological polar surface area (TPSA) is 46.2 Å². The third kappa shape index (κ3) is 5.05. The minimum Gasteiger partial charge on any atom is -0.278 e. The first kappa shape index (κ1) is 24.4. The lowest BCUT2D eigenvalue weighted by Crippen LogP contribution is -2.13. The molecule has 0 aliphatic carbocycles. The van der Waals surface area contributed by atoms with Crippen LogP contribution in [-0.2, 0) is 15.8 Å². The van der Waals surface area contributed by atoms with Crippen LogP contribution >= 0.6 is 11.8 Å². The number of para-hydroxylation sites is 1. The third-order valence-corrected chi connectivity index (χ3v) is 9.00. The number of hydrogen-bond donors (Lipinski definition) is 1. The molecule has 0 aliphatic heterocycles. The van der Waals surface area contributed by atoms with E-state index in [0.717, 1.165) is 16.2 Å². The summed E-state index contributed by atoms with van der Waals surface area (Å²) in [4.78, 5) is 1.20. The van der Waals surface area contributed by atoms with Crippen LogP contribution in [0.1, 0.15) is 58.7 Å². The van der Waals surface area contributed by atoms with E-state index in [9.17, 15) is 8.42 Å². The highest BCUT2D eigenvalue weighted by molar-refractivity contribution is 7.98. The SMILES string of the molecule is Cc1c(C)c(C)c(CSc2ccccc2NS(=O)(=O)c2ccc(C(C)C)cc2)c(C)c1C. The zero-order valence-electron chi connectivity index (χ0n) is 20.0. The second-order valence-corrected chi connectivity index (χ2v) is 11.4. The molecule has 0 heterocycles. The zero-order valence-corrected chi connectivity index (χ0v) is 21.7. The molecule has 0 fully saturated rings. The van der Waals surface area contributed by atoms with Crippen LogP contribution in [0.2, 0.25) is 0 Å². The van der Waals surface area contributed by atoms with Crippen molar-refractivity contribution in [3.63, 3.8) is 0 Å². The highest BCUT2D eigenvalue weighted by atomic mass is 32.2. The summed E-state index contributed by atoms with van der Waals surface area (Å²) in [5.41, 5.74) is 9.73. The molecule has 5 heteroatoms. The van der Waals surface area contributed by atoms with Gasteiger partial charge >= 0.3 is 0 Å². The molecule has 3 nitrogen and oxygen atoms in total. The maximum Gasteiger partial charge on any atom is 0.261 e. The molecule has 0 unspecified atom stereocenters. The molecule has 170 valence electrons. The Balaban J connectivity index is 1.86. The molecule has 3 aromatic carbocycles. The Morgan fingerprint density at radius 2 is 1.31 bits per heavy atom. The Hall–Kier alpha value is -2.24. The molecule has 32 heavy (non-hydrogen) atoms. The monoisotopic (exact) mass is 467 g/mol. The van der Waals surface area contributed by atoms with Gasteiger partial charge in [-0.3, -0.25) is 4.72 Å². The summed E-state index contributed by atoms with van der Waals surface area (Å²) in [6, 6.07) is 14.7. The molecule has 0 saturated heterocycles. The van der Waals surface area contributed by atoms with Crippen LogP contribution in [0, 0.1) is 34.6 Å². The van der Waals surface area contributed by atoms with E-state index in [1.54, 1.807) is 23.9 Å². The normalized spacial score (nSPS) is 11.8. The van der Waals surface area contributed by atoms with Crippen LogP contribution in [0.4, 0.5) is 5.69 Å². The molecule has 3 rings (SSSR count). The quantitative estimate of drug-likeness (QED) is 0.367. The molecule has 0 spiro atoms. The predicted molar refractivity (Wildman–Crippen MR) is 137 cm³/mol. The van der Waals surface area contributed by atoms with E-state index in [1.165, 1.54) is 33.4 Å². The van der Waals surface area contributed by atoms with Gasteiger partial charge in [0.1, 0.15) is 0 Å². The van der Waals surface area contributed by atoms with Gasteiger partial charge in [-0.25, -0.2) is 8.42 Å². The van der Waals surface area contributed by atoms with Gasteiger partial charge in [0.05, 0.1) is 10.6 Å². The third-order valence-electron chi connectivity index (χ3n) is 6.52. The van der Waals surface area contributed by atoms with Crippen LogP contribution < -0.4 is 4.72 Å². The summed E-state index contributed by atoms with van der Waals surface area (Å²) in [7, 11) is -3.66. The van der Waals surface area contributed by atoms with Gasteiger partial charge in [0.25, 0.3) is 10.0 Å². The summed E-state index contributed by atoms with van der Waals surface area (Å²) in [5, 5.41) is 0. The van der Waals surface area contributed by atoms with Crippen molar-refractivity contribution >= 4 is 27.5 Å². The van der Waals surface area contributed by atoms with Crippen LogP contribution in [0.25, 0.3) is 0 Å². The van der Waals surface area contributed by atoms with Crippen molar-refractivity contribution in [1.82, 2.24) is 0 Å². The molecule has 0 aliphatic rings. The van der Waals surface area contributed by atoms with Gasteiger partial charge in [0, 0.05) is 10.6 Å². The number of sulfonamides is 1. The zero-order chi connectivity index (χ0) is 23.6. The average Bonchev–Trinajstić information content (AvgIpc) is 2.77. The van der Waals surface area contributed by atoms with E-state index in [4.69, 9.17) is 0 Å². The highest BCUT2D eigenvalue weighted by Crippen LogP contribution is 2.35. The minimum atomic E-state index is -3.66. The smallest absolute Gasteiger partial charge is 0.261 e. The molecule has 1 N–H and O–H groups in total. The van der Waals surface area contributed by atoms with Gasteiger partial charge in [0.2, 0.25) is 0 Å². The van der Waals surface area contributed by atoms with Gasteiger partial charge in [0.15, 0.2) is 0 Å². The fourth-order valence-electron chi connectivity index (χ4n) is 3.86. The molecule has 0 saturated carbocycles. The van der Waals surface area contributed by atoms with Crippen molar-refractivity contribution in [2.45, 2.75) is 69.9 Å². The van der Waals surface area contributed by atoms with Crippen molar-refractivity contribution in [2.75, 3.05) is 4.72 Å². The van der Waals surface area contributed by atoms with E-state index in [0.29, 0.717) is 11.6 Å². The van der Waals surface area contributed by atoms with Gasteiger partial charge in [-0.2, -0.15) is 0 Å². The summed E-state index contributed by atoms with van der Waals surface area (Å²) in [5.74, 6) is 1.15. The van der Waals surface area contributed by atoms with Crippen molar-refractivity contribution in [3.8, 4) is 0 Å². The van der Waals surface area contributed by atoms with Gasteiger partial charge in [-0.15, -0.1) is 11.8 Å². The summed E-state index contributed by atoms with van der Waals surface area (Å²) in [6.07, 6.45) is 0. The number of anilines is 1. The highest BCUT2D eigenvalue weighted by Gasteiger charge is 2.18. The second kappa shape index (κ2) is 9.72. The summed E-state index contributed by atoms with van der Waals surface area (Å²) in [6.45, 7) is 15.1. The number of hydrogen-bond acceptors (Lipinski definition) is 3. The molecule has 0 radical (unpaired) electrons. The molecule has 0 amide bonds. The Bertz CT molecular complexity index is 1200. The average molecular weight is 468 g/mol. The Kier molecular flexibility index (Phi) is 7.41. The summed E-state index contributed by atoms with van der Waals surface area (Å²) >= 11 is 1.67. The Labute approximate surface area is 197 Å². The minimum absolute atomic E-state index is 0.276. The standard InChI is InChI=1S/C27H33NO2S2/c1-17(2)23-12-14-24(15-13-23)32(29,30)28-26-10-8-9-11-27(26)31-16-25-21(6)19(4)18(3)20(5)22(25)7/h8-15,17,28H,16H2,1-7H3. The van der Waals surface area contributed by atoms with Gasteiger partial charge in [-0.05, 0) is 104 Å². The fraction of sp³-hybridized carbons (Fsp3) is 0.333. The van der Waals surface area contributed by atoms with E-state index in [2.05, 4.69) is 53.2 Å². The van der Waals surface area contributed by atoms with Gasteiger partial charge < -0.3 is 0 Å². The Morgan fingerprint density at radius 3 is 1.88 bits per heavy atom. The largest absolute Gasteiger partial charge is 0.278 e. The van der Waals surface area contributed by atoms with Crippen LogP contribution in [-0.4, -0.2) is 8.42 Å². The lowest BCUT2D eigenvalue weighted by atomic mass is 9.90. The lowest BCUT2D eigenvalue weighted by Gasteiger charge is -2.19.